The van der Waals surface area contributed by atoms with Crippen LogP contribution in [0.5, 0.6) is 0 Å². The number of ether oxygens (including phenoxy) is 1. The number of esters is 1. The summed E-state index contributed by atoms with van der Waals surface area (Å²) < 4.78 is 43.0. The number of carbonyl (C=O) groups is 3. The third kappa shape index (κ3) is 7.61. The molecule has 12 heteroatoms. The monoisotopic (exact) mass is 496 g/mol. The molecule has 0 spiro atoms. The van der Waals surface area contributed by atoms with Crippen molar-refractivity contribution < 1.29 is 32.3 Å². The molecule has 0 atom stereocenters. The van der Waals surface area contributed by atoms with E-state index < -0.39 is 49.0 Å². The lowest BCUT2D eigenvalue weighted by Gasteiger charge is -2.11. The molecule has 31 heavy (non-hydrogen) atoms. The number of benzene rings is 2. The Hall–Kier alpha value is -2.49. The van der Waals surface area contributed by atoms with Gasteiger partial charge in [-0.05, 0) is 30.3 Å². The van der Waals surface area contributed by atoms with Crippen LogP contribution in [0.15, 0.2) is 36.4 Å². The largest absolute Gasteiger partial charge is 0.456 e. The number of anilines is 2. The Labute approximate surface area is 189 Å². The van der Waals surface area contributed by atoms with Gasteiger partial charge in [0.1, 0.15) is 0 Å². The number of nitrogens with one attached hydrogen (secondary N) is 2. The number of halogens is 6. The zero-order valence-electron chi connectivity index (χ0n) is 15.5. The van der Waals surface area contributed by atoms with Crippen LogP contribution in [0.25, 0.3) is 0 Å². The van der Waals surface area contributed by atoms with Gasteiger partial charge in [-0.25, -0.2) is 0 Å². The van der Waals surface area contributed by atoms with Crippen molar-refractivity contribution in [2.45, 2.75) is 19.0 Å². The van der Waals surface area contributed by atoms with Crippen molar-refractivity contribution in [2.24, 2.45) is 0 Å². The maximum atomic E-state index is 12.8. The molecule has 6 nitrogen and oxygen atoms in total. The Balaban J connectivity index is 1.80. The molecule has 0 heterocycles. The normalized spacial score (nSPS) is 11.0. The van der Waals surface area contributed by atoms with Gasteiger partial charge in [0.05, 0.1) is 38.4 Å². The average molecular weight is 498 g/mol. The number of amides is 2. The van der Waals surface area contributed by atoms with Crippen molar-refractivity contribution in [3.05, 3.63) is 57.0 Å². The van der Waals surface area contributed by atoms with E-state index in [4.69, 9.17) is 39.5 Å². The summed E-state index contributed by atoms with van der Waals surface area (Å²) in [5, 5.41) is 4.86. The highest BCUT2D eigenvalue weighted by Gasteiger charge is 2.31. The smallest absolute Gasteiger partial charge is 0.416 e. The predicted molar refractivity (Wildman–Crippen MR) is 110 cm³/mol. The third-order valence-electron chi connectivity index (χ3n) is 3.71. The Morgan fingerprint density at radius 1 is 0.871 bits per heavy atom. The number of hydrogen-bond donors (Lipinski definition) is 2. The fourth-order valence-electron chi connectivity index (χ4n) is 2.23. The van der Waals surface area contributed by atoms with Gasteiger partial charge in [-0.3, -0.25) is 14.4 Å². The molecule has 0 saturated carbocycles. The molecule has 0 aliphatic carbocycles. The molecule has 2 rings (SSSR count). The van der Waals surface area contributed by atoms with Crippen molar-refractivity contribution in [3.63, 3.8) is 0 Å². The minimum atomic E-state index is -4.61. The molecule has 0 aliphatic heterocycles. The van der Waals surface area contributed by atoms with E-state index in [9.17, 15) is 27.6 Å². The second kappa shape index (κ2) is 10.7. The van der Waals surface area contributed by atoms with Crippen molar-refractivity contribution in [3.8, 4) is 0 Å². The van der Waals surface area contributed by atoms with E-state index in [-0.39, 0.29) is 26.4 Å². The first kappa shape index (κ1) is 24.8. The molecule has 0 aromatic heterocycles. The maximum Gasteiger partial charge on any atom is 0.416 e. The van der Waals surface area contributed by atoms with Crippen molar-refractivity contribution >= 4 is 64.0 Å². The SMILES string of the molecule is O=C(CCC(=O)OCC(=O)Nc1cccc(Cl)c1Cl)Nc1cc(C(F)(F)F)ccc1Cl. The second-order valence-electron chi connectivity index (χ2n) is 6.05. The first-order valence-corrected chi connectivity index (χ1v) is 9.67. The van der Waals surface area contributed by atoms with Gasteiger partial charge in [0.25, 0.3) is 5.91 Å². The molecular weight excluding hydrogens is 484 g/mol. The lowest BCUT2D eigenvalue weighted by Crippen LogP contribution is -2.22. The van der Waals surface area contributed by atoms with Gasteiger partial charge in [0.2, 0.25) is 5.91 Å². The first-order valence-electron chi connectivity index (χ1n) is 8.53. The minimum Gasteiger partial charge on any atom is -0.456 e. The van der Waals surface area contributed by atoms with E-state index in [0.717, 1.165) is 12.1 Å². The summed E-state index contributed by atoms with van der Waals surface area (Å²) in [6, 6.07) is 7.04. The van der Waals surface area contributed by atoms with Crippen molar-refractivity contribution in [1.82, 2.24) is 0 Å². The summed E-state index contributed by atoms with van der Waals surface area (Å²) in [6.07, 6.45) is -5.41. The van der Waals surface area contributed by atoms with Crippen LogP contribution in [-0.2, 0) is 25.3 Å². The van der Waals surface area contributed by atoms with Gasteiger partial charge < -0.3 is 15.4 Å². The summed E-state index contributed by atoms with van der Waals surface area (Å²) >= 11 is 17.5. The highest BCUT2D eigenvalue weighted by molar-refractivity contribution is 6.44. The summed E-state index contributed by atoms with van der Waals surface area (Å²) in [4.78, 5) is 35.5. The molecule has 2 N–H and O–H groups in total. The van der Waals surface area contributed by atoms with Crippen LogP contribution in [0.3, 0.4) is 0 Å². The first-order chi connectivity index (χ1) is 14.5. The highest BCUT2D eigenvalue weighted by Crippen LogP contribution is 2.34. The lowest BCUT2D eigenvalue weighted by molar-refractivity contribution is -0.147. The summed E-state index contributed by atoms with van der Waals surface area (Å²) in [7, 11) is 0. The van der Waals surface area contributed by atoms with Crippen LogP contribution in [0.4, 0.5) is 24.5 Å². The van der Waals surface area contributed by atoms with Gasteiger partial charge in [0.15, 0.2) is 6.61 Å². The van der Waals surface area contributed by atoms with Crippen LogP contribution >= 0.6 is 34.8 Å². The van der Waals surface area contributed by atoms with Crippen LogP contribution in [-0.4, -0.2) is 24.4 Å². The second-order valence-corrected chi connectivity index (χ2v) is 7.24. The molecule has 2 aromatic rings. The molecule has 0 fully saturated rings. The number of alkyl halides is 3. The van der Waals surface area contributed by atoms with Crippen molar-refractivity contribution in [1.29, 1.82) is 0 Å². The van der Waals surface area contributed by atoms with E-state index in [1.54, 1.807) is 6.07 Å². The predicted octanol–water partition coefficient (Wildman–Crippen LogP) is 5.57. The molecule has 166 valence electrons. The van der Waals surface area contributed by atoms with Gasteiger partial charge in [0, 0.05) is 6.42 Å². The fraction of sp³-hybridized carbons (Fsp3) is 0.211. The molecule has 2 amide bonds. The molecule has 0 unspecified atom stereocenters. The summed E-state index contributed by atoms with van der Waals surface area (Å²) in [5.41, 5.74) is -1.00. The quantitative estimate of drug-likeness (QED) is 0.490. The van der Waals surface area contributed by atoms with E-state index in [2.05, 4.69) is 10.6 Å². The molecule has 0 aliphatic rings. The van der Waals surface area contributed by atoms with Gasteiger partial charge in [-0.2, -0.15) is 13.2 Å². The fourth-order valence-corrected chi connectivity index (χ4v) is 2.74. The minimum absolute atomic E-state index is 0.0970. The molecule has 2 aromatic carbocycles. The van der Waals surface area contributed by atoms with Crippen molar-refractivity contribution in [2.75, 3.05) is 17.2 Å². The van der Waals surface area contributed by atoms with E-state index in [0.29, 0.717) is 6.07 Å². The number of hydrogen-bond acceptors (Lipinski definition) is 4. The molecule has 0 saturated heterocycles. The van der Waals surface area contributed by atoms with E-state index in [1.807, 2.05) is 0 Å². The van der Waals surface area contributed by atoms with Crippen LogP contribution in [0, 0.1) is 0 Å². The maximum absolute atomic E-state index is 12.8. The zero-order valence-corrected chi connectivity index (χ0v) is 17.8. The lowest BCUT2D eigenvalue weighted by atomic mass is 10.2. The van der Waals surface area contributed by atoms with E-state index in [1.165, 1.54) is 12.1 Å². The van der Waals surface area contributed by atoms with Gasteiger partial charge in [-0.15, -0.1) is 0 Å². The molecular formula is C19H14Cl3F3N2O4. The highest BCUT2D eigenvalue weighted by atomic mass is 35.5. The van der Waals surface area contributed by atoms with Gasteiger partial charge in [-0.1, -0.05) is 40.9 Å². The van der Waals surface area contributed by atoms with Gasteiger partial charge >= 0.3 is 12.1 Å². The van der Waals surface area contributed by atoms with Crippen LogP contribution in [0.2, 0.25) is 15.1 Å². The van der Waals surface area contributed by atoms with Crippen LogP contribution < -0.4 is 10.6 Å². The molecule has 0 radical (unpaired) electrons. The third-order valence-corrected chi connectivity index (χ3v) is 4.86. The number of rotatable bonds is 7. The average Bonchev–Trinajstić information content (AvgIpc) is 2.69. The summed E-state index contributed by atoms with van der Waals surface area (Å²) in [5.74, 6) is -2.30. The molecule has 0 bridgehead atoms. The van der Waals surface area contributed by atoms with E-state index >= 15 is 0 Å². The number of carbonyl (C=O) groups excluding carboxylic acids is 3. The Morgan fingerprint density at radius 2 is 1.55 bits per heavy atom. The summed E-state index contributed by atoms with van der Waals surface area (Å²) in [6.45, 7) is -0.636. The standard InChI is InChI=1S/C19H14Cl3F3N2O4/c20-11-5-4-10(19(23,24)25)8-14(11)27-15(28)6-7-17(30)31-9-16(29)26-13-3-1-2-12(21)18(13)22/h1-5,8H,6-7,9H2,(H,26,29)(H,27,28). The Kier molecular flexibility index (Phi) is 8.55. The zero-order chi connectivity index (χ0) is 23.2. The van der Waals surface area contributed by atoms with Crippen LogP contribution in [0.1, 0.15) is 18.4 Å². The topological polar surface area (TPSA) is 84.5 Å². The Morgan fingerprint density at radius 3 is 2.23 bits per heavy atom. The Bertz CT molecular complexity index is 1000.